The minimum atomic E-state index is 0.0123. The number of hydrogen-bond donors (Lipinski definition) is 1. The zero-order valence-corrected chi connectivity index (χ0v) is 14.8. The molecule has 0 aliphatic rings. The van der Waals surface area contributed by atoms with Crippen LogP contribution in [-0.4, -0.2) is 16.6 Å². The Kier molecular flexibility index (Phi) is 4.98. The molecule has 1 N–H and O–H groups in total. The fourth-order valence-electron chi connectivity index (χ4n) is 2.42. The molecule has 0 radical (unpaired) electrons. The van der Waals surface area contributed by atoms with Crippen molar-refractivity contribution in [3.05, 3.63) is 53.6 Å². The van der Waals surface area contributed by atoms with E-state index in [0.717, 1.165) is 32.2 Å². The van der Waals surface area contributed by atoms with Crippen LogP contribution in [0.25, 0.3) is 10.2 Å². The van der Waals surface area contributed by atoms with Gasteiger partial charge >= 0.3 is 0 Å². The molecule has 3 nitrogen and oxygen atoms in total. The summed E-state index contributed by atoms with van der Waals surface area (Å²) in [5, 5.41) is 3.05. The van der Waals surface area contributed by atoms with Crippen molar-refractivity contribution in [2.45, 2.75) is 24.6 Å². The number of benzene rings is 2. The molecule has 0 spiro atoms. The predicted molar refractivity (Wildman–Crippen MR) is 99.5 cm³/mol. The molecular formula is C18H18N2OS2. The summed E-state index contributed by atoms with van der Waals surface area (Å²) in [6.07, 6.45) is 0.905. The fraction of sp³-hybridized carbons (Fsp3) is 0.222. The van der Waals surface area contributed by atoms with Gasteiger partial charge in [0.1, 0.15) is 0 Å². The van der Waals surface area contributed by atoms with Gasteiger partial charge in [0.2, 0.25) is 5.91 Å². The first-order chi connectivity index (χ1) is 11.2. The molecule has 5 heteroatoms. The lowest BCUT2D eigenvalue weighted by atomic mass is 10.1. The normalized spacial score (nSPS) is 10.9. The fourth-order valence-corrected chi connectivity index (χ4v) is 4.29. The van der Waals surface area contributed by atoms with Crippen LogP contribution < -0.4 is 5.32 Å². The molecule has 1 aromatic heterocycles. The lowest BCUT2D eigenvalue weighted by molar-refractivity contribution is -0.113. The SMILES string of the molecule is CCc1cccc(C)c1NC(=O)CSc1nc2ccccc2s1. The van der Waals surface area contributed by atoms with E-state index in [9.17, 15) is 4.79 Å². The zero-order valence-electron chi connectivity index (χ0n) is 13.1. The maximum Gasteiger partial charge on any atom is 0.234 e. The van der Waals surface area contributed by atoms with Gasteiger partial charge in [-0.25, -0.2) is 4.98 Å². The van der Waals surface area contributed by atoms with Crippen molar-refractivity contribution in [2.75, 3.05) is 11.1 Å². The molecular weight excluding hydrogens is 324 g/mol. The van der Waals surface area contributed by atoms with E-state index < -0.39 is 0 Å². The molecule has 0 aliphatic carbocycles. The number of nitrogens with zero attached hydrogens (tertiary/aromatic N) is 1. The van der Waals surface area contributed by atoms with Crippen molar-refractivity contribution in [3.63, 3.8) is 0 Å². The van der Waals surface area contributed by atoms with E-state index in [1.54, 1.807) is 11.3 Å². The highest BCUT2D eigenvalue weighted by atomic mass is 32.2. The second-order valence-electron chi connectivity index (χ2n) is 5.25. The summed E-state index contributed by atoms with van der Waals surface area (Å²) in [6.45, 7) is 4.12. The van der Waals surface area contributed by atoms with Crippen LogP contribution in [-0.2, 0) is 11.2 Å². The molecule has 3 aromatic rings. The third kappa shape index (κ3) is 3.74. The molecule has 3 rings (SSSR count). The average molecular weight is 342 g/mol. The monoisotopic (exact) mass is 342 g/mol. The van der Waals surface area contributed by atoms with Gasteiger partial charge in [-0.1, -0.05) is 49.0 Å². The van der Waals surface area contributed by atoms with E-state index in [0.29, 0.717) is 5.75 Å². The molecule has 0 bridgehead atoms. The Balaban J connectivity index is 1.66. The average Bonchev–Trinajstić information content (AvgIpc) is 2.98. The van der Waals surface area contributed by atoms with Crippen LogP contribution in [0.1, 0.15) is 18.1 Å². The Labute approximate surface area is 144 Å². The van der Waals surface area contributed by atoms with E-state index in [-0.39, 0.29) is 5.91 Å². The molecule has 0 atom stereocenters. The Morgan fingerprint density at radius 3 is 2.83 bits per heavy atom. The first-order valence-electron chi connectivity index (χ1n) is 7.54. The van der Waals surface area contributed by atoms with Crippen molar-refractivity contribution in [2.24, 2.45) is 0 Å². The van der Waals surface area contributed by atoms with Crippen molar-refractivity contribution >= 4 is 44.9 Å². The lowest BCUT2D eigenvalue weighted by Crippen LogP contribution is -2.16. The Morgan fingerprint density at radius 2 is 2.04 bits per heavy atom. The highest BCUT2D eigenvalue weighted by Crippen LogP contribution is 2.29. The molecule has 118 valence electrons. The highest BCUT2D eigenvalue weighted by molar-refractivity contribution is 8.01. The van der Waals surface area contributed by atoms with Gasteiger partial charge in [-0.05, 0) is 36.6 Å². The van der Waals surface area contributed by atoms with Crippen LogP contribution in [0.4, 0.5) is 5.69 Å². The second kappa shape index (κ2) is 7.15. The Hall–Kier alpha value is -1.85. The third-order valence-electron chi connectivity index (χ3n) is 3.61. The number of anilines is 1. The summed E-state index contributed by atoms with van der Waals surface area (Å²) in [5.41, 5.74) is 4.21. The number of carbonyl (C=O) groups excluding carboxylic acids is 1. The number of amides is 1. The van der Waals surface area contributed by atoms with E-state index in [1.807, 2.05) is 37.3 Å². The zero-order chi connectivity index (χ0) is 16.2. The van der Waals surface area contributed by atoms with Crippen LogP contribution in [0.15, 0.2) is 46.8 Å². The van der Waals surface area contributed by atoms with Crippen LogP contribution in [0.3, 0.4) is 0 Å². The molecule has 0 saturated heterocycles. The predicted octanol–water partition coefficient (Wildman–Crippen LogP) is 4.90. The maximum atomic E-state index is 12.3. The maximum absolute atomic E-state index is 12.3. The minimum absolute atomic E-state index is 0.0123. The molecule has 1 amide bonds. The van der Waals surface area contributed by atoms with Gasteiger partial charge in [-0.3, -0.25) is 4.79 Å². The molecule has 0 unspecified atom stereocenters. The summed E-state index contributed by atoms with van der Waals surface area (Å²) in [7, 11) is 0. The van der Waals surface area contributed by atoms with Gasteiger partial charge in [-0.2, -0.15) is 0 Å². The van der Waals surface area contributed by atoms with Gasteiger partial charge in [0.15, 0.2) is 4.34 Å². The van der Waals surface area contributed by atoms with E-state index in [2.05, 4.69) is 29.4 Å². The highest BCUT2D eigenvalue weighted by Gasteiger charge is 2.11. The summed E-state index contributed by atoms with van der Waals surface area (Å²) >= 11 is 3.12. The van der Waals surface area contributed by atoms with Crippen molar-refractivity contribution in [1.29, 1.82) is 0 Å². The number of thioether (sulfide) groups is 1. The third-order valence-corrected chi connectivity index (χ3v) is 5.78. The number of aryl methyl sites for hydroxylation is 2. The molecule has 0 aliphatic heterocycles. The number of carbonyl (C=O) groups is 1. The second-order valence-corrected chi connectivity index (χ2v) is 7.50. The summed E-state index contributed by atoms with van der Waals surface area (Å²) in [4.78, 5) is 16.8. The molecule has 0 saturated carbocycles. The molecule has 2 aromatic carbocycles. The Morgan fingerprint density at radius 1 is 1.22 bits per heavy atom. The molecule has 1 heterocycles. The van der Waals surface area contributed by atoms with Gasteiger partial charge in [0.05, 0.1) is 16.0 Å². The van der Waals surface area contributed by atoms with Gasteiger partial charge in [-0.15, -0.1) is 11.3 Å². The number of rotatable bonds is 5. The number of nitrogens with one attached hydrogen (secondary N) is 1. The van der Waals surface area contributed by atoms with Gasteiger partial charge < -0.3 is 5.32 Å². The Bertz CT molecular complexity index is 809. The summed E-state index contributed by atoms with van der Waals surface area (Å²) in [6, 6.07) is 14.1. The summed E-state index contributed by atoms with van der Waals surface area (Å²) < 4.78 is 2.09. The smallest absolute Gasteiger partial charge is 0.234 e. The summed E-state index contributed by atoms with van der Waals surface area (Å²) in [5.74, 6) is 0.385. The van der Waals surface area contributed by atoms with Gasteiger partial charge in [0, 0.05) is 5.69 Å². The molecule has 0 fully saturated rings. The van der Waals surface area contributed by atoms with Crippen molar-refractivity contribution in [3.8, 4) is 0 Å². The number of fused-ring (bicyclic) bond motifs is 1. The molecule has 23 heavy (non-hydrogen) atoms. The van der Waals surface area contributed by atoms with Crippen molar-refractivity contribution < 1.29 is 4.79 Å². The number of para-hydroxylation sites is 2. The minimum Gasteiger partial charge on any atom is -0.325 e. The lowest BCUT2D eigenvalue weighted by Gasteiger charge is -2.12. The van der Waals surface area contributed by atoms with Gasteiger partial charge in [0.25, 0.3) is 0 Å². The topological polar surface area (TPSA) is 42.0 Å². The van der Waals surface area contributed by atoms with Crippen LogP contribution in [0.5, 0.6) is 0 Å². The van der Waals surface area contributed by atoms with E-state index in [4.69, 9.17) is 0 Å². The van der Waals surface area contributed by atoms with Crippen molar-refractivity contribution in [1.82, 2.24) is 4.98 Å². The standard InChI is InChI=1S/C18H18N2OS2/c1-3-13-8-6-7-12(2)17(13)20-16(21)11-22-18-19-14-9-4-5-10-15(14)23-18/h4-10H,3,11H2,1-2H3,(H,20,21). The largest absolute Gasteiger partial charge is 0.325 e. The number of aromatic nitrogens is 1. The number of hydrogen-bond acceptors (Lipinski definition) is 4. The first-order valence-corrected chi connectivity index (χ1v) is 9.34. The van der Waals surface area contributed by atoms with E-state index >= 15 is 0 Å². The van der Waals surface area contributed by atoms with Crippen LogP contribution in [0.2, 0.25) is 0 Å². The van der Waals surface area contributed by atoms with Crippen LogP contribution >= 0.6 is 23.1 Å². The number of thiazole rings is 1. The quantitative estimate of drug-likeness (QED) is 0.671. The first kappa shape index (κ1) is 16.0. The van der Waals surface area contributed by atoms with Crippen LogP contribution in [0, 0.1) is 6.92 Å². The van der Waals surface area contributed by atoms with E-state index in [1.165, 1.54) is 17.3 Å².